The maximum Gasteiger partial charge on any atom is 0.00953 e. The Morgan fingerprint density at radius 3 is 2.32 bits per heavy atom. The van der Waals surface area contributed by atoms with Gasteiger partial charge in [-0.2, -0.15) is 0 Å². The first kappa shape index (κ1) is 15.3. The summed E-state index contributed by atoms with van der Waals surface area (Å²) in [5, 5.41) is 0. The Kier molecular flexibility index (Phi) is 6.15. The van der Waals surface area contributed by atoms with E-state index in [0.717, 1.165) is 30.3 Å². The molecule has 0 bridgehead atoms. The van der Waals surface area contributed by atoms with E-state index < -0.39 is 0 Å². The standard InChI is InChI=1S/C17H34N2/c1-14(2)10-11-19(17-8-3-4-9-17)13-16-7-5-6-15(16)12-18/h14-17H,3-13,18H2,1-2H3. The first-order chi connectivity index (χ1) is 9.20. The molecule has 2 nitrogen and oxygen atoms in total. The molecule has 0 aliphatic heterocycles. The van der Waals surface area contributed by atoms with Crippen LogP contribution in [0.2, 0.25) is 0 Å². The van der Waals surface area contributed by atoms with Crippen LogP contribution < -0.4 is 5.73 Å². The number of hydrogen-bond acceptors (Lipinski definition) is 2. The van der Waals surface area contributed by atoms with Crippen molar-refractivity contribution in [1.29, 1.82) is 0 Å². The first-order valence-electron chi connectivity index (χ1n) is 8.64. The summed E-state index contributed by atoms with van der Waals surface area (Å²) in [7, 11) is 0. The molecule has 0 aromatic heterocycles. The summed E-state index contributed by atoms with van der Waals surface area (Å²) < 4.78 is 0. The minimum Gasteiger partial charge on any atom is -0.330 e. The lowest BCUT2D eigenvalue weighted by molar-refractivity contribution is 0.146. The van der Waals surface area contributed by atoms with Gasteiger partial charge in [0.15, 0.2) is 0 Å². The summed E-state index contributed by atoms with van der Waals surface area (Å²) in [6.45, 7) is 8.26. The van der Waals surface area contributed by atoms with Gasteiger partial charge >= 0.3 is 0 Å². The molecule has 0 heterocycles. The van der Waals surface area contributed by atoms with Crippen LogP contribution in [0.3, 0.4) is 0 Å². The zero-order chi connectivity index (χ0) is 13.7. The third-order valence-electron chi connectivity index (χ3n) is 5.42. The fraction of sp³-hybridized carbons (Fsp3) is 1.00. The molecular weight excluding hydrogens is 232 g/mol. The predicted octanol–water partition coefficient (Wildman–Crippen LogP) is 3.65. The monoisotopic (exact) mass is 266 g/mol. The van der Waals surface area contributed by atoms with Gasteiger partial charge in [0.25, 0.3) is 0 Å². The second kappa shape index (κ2) is 7.64. The molecule has 2 aliphatic carbocycles. The summed E-state index contributed by atoms with van der Waals surface area (Å²) >= 11 is 0. The van der Waals surface area contributed by atoms with Gasteiger partial charge < -0.3 is 10.6 Å². The van der Waals surface area contributed by atoms with Crippen molar-refractivity contribution >= 4 is 0 Å². The molecule has 0 aromatic rings. The molecule has 0 saturated heterocycles. The van der Waals surface area contributed by atoms with Gasteiger partial charge in [0.2, 0.25) is 0 Å². The molecule has 2 aliphatic rings. The SMILES string of the molecule is CC(C)CCN(CC1CCCC1CN)C1CCCC1. The van der Waals surface area contributed by atoms with Crippen molar-refractivity contribution in [3.63, 3.8) is 0 Å². The van der Waals surface area contributed by atoms with Crippen molar-refractivity contribution in [2.75, 3.05) is 19.6 Å². The van der Waals surface area contributed by atoms with Crippen LogP contribution in [0.25, 0.3) is 0 Å². The lowest BCUT2D eigenvalue weighted by Crippen LogP contribution is -2.40. The number of nitrogens with two attached hydrogens (primary N) is 1. The lowest BCUT2D eigenvalue weighted by atomic mass is 9.94. The Bertz CT molecular complexity index is 246. The third kappa shape index (κ3) is 4.46. The second-order valence-electron chi connectivity index (χ2n) is 7.30. The number of nitrogens with zero attached hydrogens (tertiary/aromatic N) is 1. The van der Waals surface area contributed by atoms with E-state index in [-0.39, 0.29) is 0 Å². The van der Waals surface area contributed by atoms with Crippen LogP contribution in [0.1, 0.15) is 65.2 Å². The van der Waals surface area contributed by atoms with Gasteiger partial charge in [-0.25, -0.2) is 0 Å². The van der Waals surface area contributed by atoms with Gasteiger partial charge in [-0.1, -0.05) is 33.1 Å². The largest absolute Gasteiger partial charge is 0.330 e. The topological polar surface area (TPSA) is 29.3 Å². The maximum absolute atomic E-state index is 5.96. The molecule has 0 radical (unpaired) electrons. The zero-order valence-electron chi connectivity index (χ0n) is 13.1. The van der Waals surface area contributed by atoms with Gasteiger partial charge in [0, 0.05) is 12.6 Å². The quantitative estimate of drug-likeness (QED) is 0.762. The maximum atomic E-state index is 5.96. The Hall–Kier alpha value is -0.0800. The summed E-state index contributed by atoms with van der Waals surface area (Å²) in [4.78, 5) is 2.84. The molecule has 2 atom stereocenters. The van der Waals surface area contributed by atoms with E-state index in [1.807, 2.05) is 0 Å². The van der Waals surface area contributed by atoms with E-state index in [1.165, 1.54) is 64.5 Å². The Labute approximate surface area is 120 Å². The highest BCUT2D eigenvalue weighted by Gasteiger charge is 2.30. The molecule has 2 fully saturated rings. The first-order valence-corrected chi connectivity index (χ1v) is 8.64. The van der Waals surface area contributed by atoms with E-state index in [0.29, 0.717) is 0 Å². The summed E-state index contributed by atoms with van der Waals surface area (Å²) in [6, 6.07) is 0.887. The Balaban J connectivity index is 1.88. The minimum absolute atomic E-state index is 0.808. The van der Waals surface area contributed by atoms with E-state index in [1.54, 1.807) is 0 Å². The van der Waals surface area contributed by atoms with E-state index in [2.05, 4.69) is 18.7 Å². The zero-order valence-corrected chi connectivity index (χ0v) is 13.1. The van der Waals surface area contributed by atoms with Crippen LogP contribution in [-0.4, -0.2) is 30.6 Å². The summed E-state index contributed by atoms with van der Waals surface area (Å²) in [5.74, 6) is 2.53. The van der Waals surface area contributed by atoms with Crippen molar-refractivity contribution < 1.29 is 0 Å². The van der Waals surface area contributed by atoms with Crippen LogP contribution in [0.15, 0.2) is 0 Å². The lowest BCUT2D eigenvalue weighted by Gasteiger charge is -2.33. The highest BCUT2D eigenvalue weighted by atomic mass is 15.2. The Morgan fingerprint density at radius 2 is 1.68 bits per heavy atom. The average molecular weight is 266 g/mol. The highest BCUT2D eigenvalue weighted by molar-refractivity contribution is 4.85. The van der Waals surface area contributed by atoms with E-state index in [4.69, 9.17) is 5.73 Å². The summed E-state index contributed by atoms with van der Waals surface area (Å²) in [5.41, 5.74) is 5.96. The molecule has 0 spiro atoms. The second-order valence-corrected chi connectivity index (χ2v) is 7.30. The van der Waals surface area contributed by atoms with Crippen LogP contribution >= 0.6 is 0 Å². The Morgan fingerprint density at radius 1 is 1.00 bits per heavy atom. The fourth-order valence-corrected chi connectivity index (χ4v) is 4.08. The molecule has 2 unspecified atom stereocenters. The minimum atomic E-state index is 0.808. The van der Waals surface area contributed by atoms with Crippen molar-refractivity contribution in [1.82, 2.24) is 4.90 Å². The van der Waals surface area contributed by atoms with Crippen LogP contribution in [0.5, 0.6) is 0 Å². The van der Waals surface area contributed by atoms with Crippen molar-refractivity contribution in [2.24, 2.45) is 23.5 Å². The smallest absolute Gasteiger partial charge is 0.00953 e. The number of rotatable bonds is 7. The van der Waals surface area contributed by atoms with Crippen molar-refractivity contribution in [2.45, 2.75) is 71.3 Å². The predicted molar refractivity (Wildman–Crippen MR) is 83.2 cm³/mol. The molecular formula is C17H34N2. The van der Waals surface area contributed by atoms with Gasteiger partial charge in [-0.3, -0.25) is 0 Å². The van der Waals surface area contributed by atoms with E-state index >= 15 is 0 Å². The molecule has 2 saturated carbocycles. The van der Waals surface area contributed by atoms with Crippen molar-refractivity contribution in [3.8, 4) is 0 Å². The molecule has 0 aromatic carbocycles. The van der Waals surface area contributed by atoms with Crippen LogP contribution in [0.4, 0.5) is 0 Å². The van der Waals surface area contributed by atoms with Crippen LogP contribution in [0, 0.1) is 17.8 Å². The molecule has 2 heteroatoms. The molecule has 2 rings (SSSR count). The average Bonchev–Trinajstić information content (AvgIpc) is 3.04. The molecule has 19 heavy (non-hydrogen) atoms. The molecule has 0 amide bonds. The van der Waals surface area contributed by atoms with Crippen molar-refractivity contribution in [3.05, 3.63) is 0 Å². The fourth-order valence-electron chi connectivity index (χ4n) is 4.08. The third-order valence-corrected chi connectivity index (χ3v) is 5.42. The van der Waals surface area contributed by atoms with Gasteiger partial charge in [0.1, 0.15) is 0 Å². The van der Waals surface area contributed by atoms with Gasteiger partial charge in [0.05, 0.1) is 0 Å². The normalized spacial score (nSPS) is 28.9. The van der Waals surface area contributed by atoms with Crippen LogP contribution in [-0.2, 0) is 0 Å². The van der Waals surface area contributed by atoms with Gasteiger partial charge in [-0.15, -0.1) is 0 Å². The summed E-state index contributed by atoms with van der Waals surface area (Å²) in [6.07, 6.45) is 11.4. The highest BCUT2D eigenvalue weighted by Crippen LogP contribution is 2.33. The van der Waals surface area contributed by atoms with Gasteiger partial charge in [-0.05, 0) is 62.9 Å². The number of hydrogen-bond donors (Lipinski definition) is 1. The molecule has 2 N–H and O–H groups in total. The van der Waals surface area contributed by atoms with E-state index in [9.17, 15) is 0 Å². The molecule has 112 valence electrons.